The Hall–Kier alpha value is -1.53. The molecule has 86 valence electrons. The first-order valence-corrected chi connectivity index (χ1v) is 5.55. The van der Waals surface area contributed by atoms with Crippen LogP contribution in [0.3, 0.4) is 0 Å². The molecule has 0 unspecified atom stereocenters. The molecule has 0 heterocycles. The third-order valence-corrected chi connectivity index (χ3v) is 2.65. The number of nitrogens with zero attached hydrogens (tertiary/aromatic N) is 2. The van der Waals surface area contributed by atoms with Gasteiger partial charge in [-0.15, -0.1) is 0 Å². The topological polar surface area (TPSA) is 47.3 Å². The van der Waals surface area contributed by atoms with Gasteiger partial charge in [0.15, 0.2) is 0 Å². The number of hydrogen-bond acceptors (Lipinski definition) is 3. The normalized spacial score (nSPS) is 11.9. The highest BCUT2D eigenvalue weighted by Crippen LogP contribution is 2.27. The van der Waals surface area contributed by atoms with Gasteiger partial charge in [0.25, 0.3) is 0 Å². The van der Waals surface area contributed by atoms with Crippen molar-refractivity contribution in [2.45, 2.75) is 25.9 Å². The lowest BCUT2D eigenvalue weighted by molar-refractivity contribution is 0.174. The van der Waals surface area contributed by atoms with Crippen molar-refractivity contribution in [2.24, 2.45) is 0 Å². The zero-order valence-corrected chi connectivity index (χ0v) is 9.85. The smallest absolute Gasteiger partial charge is 0.0807 e. The predicted molar refractivity (Wildman–Crippen MR) is 65.2 cm³/mol. The van der Waals surface area contributed by atoms with Crippen LogP contribution in [0.2, 0.25) is 0 Å². The van der Waals surface area contributed by atoms with Crippen LogP contribution >= 0.6 is 0 Å². The van der Waals surface area contributed by atoms with E-state index in [1.165, 1.54) is 0 Å². The number of hydrogen-bond donors (Lipinski definition) is 1. The van der Waals surface area contributed by atoms with Crippen LogP contribution < -0.4 is 4.90 Å². The first-order chi connectivity index (χ1) is 7.70. The zero-order chi connectivity index (χ0) is 12.0. The van der Waals surface area contributed by atoms with Crippen molar-refractivity contribution in [1.29, 1.82) is 5.26 Å². The highest BCUT2D eigenvalue weighted by Gasteiger charge is 2.12. The molecule has 0 fully saturated rings. The number of aliphatic hydroxyl groups excluding tert-OH is 1. The molecule has 0 aromatic heterocycles. The number of rotatable bonds is 5. The van der Waals surface area contributed by atoms with Gasteiger partial charge < -0.3 is 10.0 Å². The van der Waals surface area contributed by atoms with Crippen molar-refractivity contribution in [1.82, 2.24) is 0 Å². The maximum atomic E-state index is 9.89. The Bertz CT molecular complexity index is 370. The second-order valence-electron chi connectivity index (χ2n) is 3.81. The third-order valence-electron chi connectivity index (χ3n) is 2.65. The predicted octanol–water partition coefficient (Wildman–Crippen LogP) is 2.48. The van der Waals surface area contributed by atoms with Crippen LogP contribution in [0.1, 0.15) is 31.4 Å². The van der Waals surface area contributed by atoms with Crippen LogP contribution in [0.15, 0.2) is 24.3 Å². The van der Waals surface area contributed by atoms with E-state index in [1.54, 1.807) is 0 Å². The second-order valence-corrected chi connectivity index (χ2v) is 3.81. The number of aliphatic hydroxyl groups is 1. The molecular formula is C13H18N2O. The average molecular weight is 218 g/mol. The summed E-state index contributed by atoms with van der Waals surface area (Å²) in [5, 5.41) is 18.5. The highest BCUT2D eigenvalue weighted by molar-refractivity contribution is 5.54. The lowest BCUT2D eigenvalue weighted by Gasteiger charge is -2.23. The van der Waals surface area contributed by atoms with Gasteiger partial charge in [0.2, 0.25) is 0 Å². The summed E-state index contributed by atoms with van der Waals surface area (Å²) in [5.74, 6) is 0. The largest absolute Gasteiger partial charge is 0.388 e. The van der Waals surface area contributed by atoms with E-state index in [-0.39, 0.29) is 0 Å². The molecule has 0 spiro atoms. The molecule has 0 saturated heterocycles. The van der Waals surface area contributed by atoms with E-state index >= 15 is 0 Å². The standard InChI is InChI=1S/C13H18N2O/c1-3-13(16)11-7-4-5-8-12(11)15(2)10-6-9-14/h4-5,7-8,13,16H,3,6,10H2,1-2H3/t13-/m1/s1. The van der Waals surface area contributed by atoms with Gasteiger partial charge in [0.05, 0.1) is 18.6 Å². The Labute approximate surface area is 96.9 Å². The minimum atomic E-state index is -0.430. The first-order valence-electron chi connectivity index (χ1n) is 5.55. The number of benzene rings is 1. The van der Waals surface area contributed by atoms with Crippen molar-refractivity contribution in [3.05, 3.63) is 29.8 Å². The van der Waals surface area contributed by atoms with E-state index in [2.05, 4.69) is 6.07 Å². The van der Waals surface area contributed by atoms with Gasteiger partial charge >= 0.3 is 0 Å². The fourth-order valence-electron chi connectivity index (χ4n) is 1.68. The highest BCUT2D eigenvalue weighted by atomic mass is 16.3. The van der Waals surface area contributed by atoms with E-state index < -0.39 is 6.10 Å². The Morgan fingerprint density at radius 3 is 2.75 bits per heavy atom. The summed E-state index contributed by atoms with van der Waals surface area (Å²) in [7, 11) is 1.94. The molecule has 0 saturated carbocycles. The third kappa shape index (κ3) is 2.98. The van der Waals surface area contributed by atoms with Crippen molar-refractivity contribution >= 4 is 5.69 Å². The summed E-state index contributed by atoms with van der Waals surface area (Å²) in [6, 6.07) is 9.92. The second kappa shape index (κ2) is 6.14. The molecule has 16 heavy (non-hydrogen) atoms. The monoisotopic (exact) mass is 218 g/mol. The lowest BCUT2D eigenvalue weighted by atomic mass is 10.0. The Morgan fingerprint density at radius 2 is 2.12 bits per heavy atom. The molecule has 0 aliphatic carbocycles. The van der Waals surface area contributed by atoms with E-state index in [1.807, 2.05) is 43.1 Å². The maximum Gasteiger partial charge on any atom is 0.0807 e. The Balaban J connectivity index is 2.90. The van der Waals surface area contributed by atoms with Crippen LogP contribution in [0, 0.1) is 11.3 Å². The Kier molecular flexibility index (Phi) is 4.81. The lowest BCUT2D eigenvalue weighted by Crippen LogP contribution is -2.20. The molecule has 1 aromatic rings. The minimum absolute atomic E-state index is 0.430. The maximum absolute atomic E-state index is 9.89. The molecule has 1 atom stereocenters. The zero-order valence-electron chi connectivity index (χ0n) is 9.85. The molecule has 0 radical (unpaired) electrons. The molecule has 0 aliphatic heterocycles. The molecule has 3 nitrogen and oxygen atoms in total. The van der Waals surface area contributed by atoms with Crippen LogP contribution in [0.5, 0.6) is 0 Å². The summed E-state index contributed by atoms with van der Waals surface area (Å²) in [6.07, 6.45) is 0.761. The quantitative estimate of drug-likeness (QED) is 0.826. The first kappa shape index (κ1) is 12.5. The van der Waals surface area contributed by atoms with Crippen molar-refractivity contribution in [3.8, 4) is 6.07 Å². The van der Waals surface area contributed by atoms with E-state index in [9.17, 15) is 5.11 Å². The van der Waals surface area contributed by atoms with Crippen LogP contribution in [-0.2, 0) is 0 Å². The molecular weight excluding hydrogens is 200 g/mol. The number of anilines is 1. The summed E-state index contributed by atoms with van der Waals surface area (Å²) in [5.41, 5.74) is 1.94. The van der Waals surface area contributed by atoms with Crippen LogP contribution in [0.25, 0.3) is 0 Å². The summed E-state index contributed by atoms with van der Waals surface area (Å²) in [4.78, 5) is 2.01. The van der Waals surface area contributed by atoms with Gasteiger partial charge in [-0.05, 0) is 12.5 Å². The van der Waals surface area contributed by atoms with Crippen molar-refractivity contribution in [3.63, 3.8) is 0 Å². The molecule has 3 heteroatoms. The van der Waals surface area contributed by atoms with Crippen LogP contribution in [0.4, 0.5) is 5.69 Å². The fraction of sp³-hybridized carbons (Fsp3) is 0.462. The van der Waals surface area contributed by atoms with E-state index in [0.29, 0.717) is 19.4 Å². The van der Waals surface area contributed by atoms with E-state index in [0.717, 1.165) is 11.3 Å². The molecule has 1 N–H and O–H groups in total. The molecule has 0 amide bonds. The van der Waals surface area contributed by atoms with Crippen LogP contribution in [-0.4, -0.2) is 18.7 Å². The molecule has 1 aromatic carbocycles. The van der Waals surface area contributed by atoms with Gasteiger partial charge in [0, 0.05) is 24.8 Å². The SMILES string of the molecule is CC[C@@H](O)c1ccccc1N(C)CCC#N. The molecule has 0 aliphatic rings. The van der Waals surface area contributed by atoms with Crippen molar-refractivity contribution in [2.75, 3.05) is 18.5 Å². The summed E-state index contributed by atoms with van der Waals surface area (Å²) in [6.45, 7) is 2.64. The van der Waals surface area contributed by atoms with Gasteiger partial charge in [-0.3, -0.25) is 0 Å². The van der Waals surface area contributed by atoms with E-state index in [4.69, 9.17) is 5.26 Å². The van der Waals surface area contributed by atoms with Crippen molar-refractivity contribution < 1.29 is 5.11 Å². The van der Waals surface area contributed by atoms with Gasteiger partial charge in [-0.1, -0.05) is 25.1 Å². The van der Waals surface area contributed by atoms with Gasteiger partial charge in [0.1, 0.15) is 0 Å². The molecule has 1 rings (SSSR count). The minimum Gasteiger partial charge on any atom is -0.388 e. The Morgan fingerprint density at radius 1 is 1.44 bits per heavy atom. The summed E-state index contributed by atoms with van der Waals surface area (Å²) < 4.78 is 0. The fourth-order valence-corrected chi connectivity index (χ4v) is 1.68. The number of nitriles is 1. The number of para-hydroxylation sites is 1. The average Bonchev–Trinajstić information content (AvgIpc) is 2.35. The van der Waals surface area contributed by atoms with Gasteiger partial charge in [-0.25, -0.2) is 0 Å². The summed E-state index contributed by atoms with van der Waals surface area (Å²) >= 11 is 0. The van der Waals surface area contributed by atoms with Gasteiger partial charge in [-0.2, -0.15) is 5.26 Å². The molecule has 0 bridgehead atoms.